The Balaban J connectivity index is 1.98. The highest BCUT2D eigenvalue weighted by Gasteiger charge is 2.34. The Labute approximate surface area is 148 Å². The third-order valence-corrected chi connectivity index (χ3v) is 3.47. The van der Waals surface area contributed by atoms with E-state index in [-0.39, 0.29) is 30.4 Å². The van der Waals surface area contributed by atoms with E-state index in [2.05, 4.69) is 10.6 Å². The number of hydrogen-bond donors (Lipinski definition) is 2. The maximum atomic E-state index is 13.2. The van der Waals surface area contributed by atoms with E-state index in [4.69, 9.17) is 4.74 Å². The number of benzene rings is 2. The molecule has 0 fully saturated rings. The van der Waals surface area contributed by atoms with Crippen LogP contribution in [-0.4, -0.2) is 19.2 Å². The van der Waals surface area contributed by atoms with Gasteiger partial charge in [0.1, 0.15) is 11.6 Å². The normalized spacial score (nSPS) is 11.1. The summed E-state index contributed by atoms with van der Waals surface area (Å²) in [5.74, 6) is -0.295. The van der Waals surface area contributed by atoms with E-state index in [1.165, 1.54) is 18.2 Å². The number of hydrogen-bond acceptors (Lipinski definition) is 2. The molecule has 0 saturated carbocycles. The third-order valence-electron chi connectivity index (χ3n) is 3.47. The van der Waals surface area contributed by atoms with E-state index in [1.54, 1.807) is 19.1 Å². The maximum absolute atomic E-state index is 13.2. The fourth-order valence-corrected chi connectivity index (χ4v) is 2.26. The van der Waals surface area contributed by atoms with Crippen LogP contribution in [0.4, 0.5) is 28.0 Å². The van der Waals surface area contributed by atoms with Gasteiger partial charge in [0.2, 0.25) is 0 Å². The van der Waals surface area contributed by atoms with Crippen molar-refractivity contribution in [2.75, 3.05) is 18.5 Å². The zero-order valence-electron chi connectivity index (χ0n) is 14.0. The molecule has 0 atom stereocenters. The second-order valence-electron chi connectivity index (χ2n) is 5.40. The minimum atomic E-state index is -4.64. The molecule has 0 spiro atoms. The SMILES string of the molecule is CCOc1ccc(NC(=O)NCCc2ccc(F)cc2)c(C(F)(F)F)c1. The van der Waals surface area contributed by atoms with Crippen molar-refractivity contribution in [3.8, 4) is 5.75 Å². The van der Waals surface area contributed by atoms with E-state index in [0.29, 0.717) is 6.42 Å². The van der Waals surface area contributed by atoms with E-state index in [1.807, 2.05) is 0 Å². The average molecular weight is 370 g/mol. The average Bonchev–Trinajstić information content (AvgIpc) is 2.57. The number of nitrogens with one attached hydrogen (secondary N) is 2. The van der Waals surface area contributed by atoms with Gasteiger partial charge in [0.25, 0.3) is 0 Å². The lowest BCUT2D eigenvalue weighted by molar-refractivity contribution is -0.137. The molecule has 2 amide bonds. The number of carbonyl (C=O) groups excluding carboxylic acids is 1. The number of halogens is 4. The van der Waals surface area contributed by atoms with Crippen LogP contribution in [0.3, 0.4) is 0 Å². The van der Waals surface area contributed by atoms with Crippen LogP contribution in [0.1, 0.15) is 18.1 Å². The minimum Gasteiger partial charge on any atom is -0.494 e. The summed E-state index contributed by atoms with van der Waals surface area (Å²) in [6.07, 6.45) is -4.22. The third kappa shape index (κ3) is 5.65. The predicted octanol–water partition coefficient (Wildman–Crippen LogP) is 4.61. The second-order valence-corrected chi connectivity index (χ2v) is 5.40. The van der Waals surface area contributed by atoms with Crippen molar-refractivity contribution in [2.45, 2.75) is 19.5 Å². The Morgan fingerprint density at radius 2 is 1.81 bits per heavy atom. The molecule has 140 valence electrons. The largest absolute Gasteiger partial charge is 0.494 e. The second kappa shape index (κ2) is 8.55. The van der Waals surface area contributed by atoms with Crippen molar-refractivity contribution in [1.29, 1.82) is 0 Å². The molecule has 0 aliphatic carbocycles. The monoisotopic (exact) mass is 370 g/mol. The summed E-state index contributed by atoms with van der Waals surface area (Å²) in [6, 6.07) is 8.32. The summed E-state index contributed by atoms with van der Waals surface area (Å²) in [4.78, 5) is 11.9. The number of amides is 2. The van der Waals surface area contributed by atoms with Crippen molar-refractivity contribution in [1.82, 2.24) is 5.32 Å². The van der Waals surface area contributed by atoms with Crippen molar-refractivity contribution >= 4 is 11.7 Å². The summed E-state index contributed by atoms with van der Waals surface area (Å²) >= 11 is 0. The highest BCUT2D eigenvalue weighted by Crippen LogP contribution is 2.37. The van der Waals surface area contributed by atoms with Gasteiger partial charge in [-0.25, -0.2) is 9.18 Å². The van der Waals surface area contributed by atoms with Crippen molar-refractivity contribution in [3.63, 3.8) is 0 Å². The number of alkyl halides is 3. The summed E-state index contributed by atoms with van der Waals surface area (Å²) < 4.78 is 57.4. The van der Waals surface area contributed by atoms with E-state index in [0.717, 1.165) is 17.7 Å². The predicted molar refractivity (Wildman–Crippen MR) is 89.7 cm³/mol. The Kier molecular flexibility index (Phi) is 6.43. The molecule has 8 heteroatoms. The topological polar surface area (TPSA) is 50.4 Å². The van der Waals surface area contributed by atoms with Gasteiger partial charge in [-0.2, -0.15) is 13.2 Å². The summed E-state index contributed by atoms with van der Waals surface area (Å²) in [7, 11) is 0. The zero-order valence-corrected chi connectivity index (χ0v) is 14.0. The van der Waals surface area contributed by atoms with Crippen molar-refractivity contribution in [2.24, 2.45) is 0 Å². The molecule has 0 aliphatic heterocycles. The molecule has 0 radical (unpaired) electrons. The van der Waals surface area contributed by atoms with Crippen LogP contribution in [0, 0.1) is 5.82 Å². The van der Waals surface area contributed by atoms with Crippen LogP contribution in [0.2, 0.25) is 0 Å². The molecular weight excluding hydrogens is 352 g/mol. The fourth-order valence-electron chi connectivity index (χ4n) is 2.26. The molecule has 0 bridgehead atoms. The first-order valence-electron chi connectivity index (χ1n) is 7.93. The van der Waals surface area contributed by atoms with Gasteiger partial charge >= 0.3 is 12.2 Å². The Hall–Kier alpha value is -2.77. The highest BCUT2D eigenvalue weighted by atomic mass is 19.4. The quantitative estimate of drug-likeness (QED) is 0.730. The fraction of sp³-hybridized carbons (Fsp3) is 0.278. The van der Waals surface area contributed by atoms with Gasteiger partial charge < -0.3 is 15.4 Å². The lowest BCUT2D eigenvalue weighted by atomic mass is 10.1. The molecule has 26 heavy (non-hydrogen) atoms. The van der Waals surface area contributed by atoms with Crippen LogP contribution in [0.15, 0.2) is 42.5 Å². The molecule has 2 N–H and O–H groups in total. The lowest BCUT2D eigenvalue weighted by Crippen LogP contribution is -2.31. The molecule has 0 heterocycles. The van der Waals surface area contributed by atoms with Crippen LogP contribution in [-0.2, 0) is 12.6 Å². The van der Waals surface area contributed by atoms with Gasteiger partial charge in [-0.3, -0.25) is 0 Å². The van der Waals surface area contributed by atoms with Gasteiger partial charge in [-0.15, -0.1) is 0 Å². The minimum absolute atomic E-state index is 0.0714. The van der Waals surface area contributed by atoms with Crippen LogP contribution in [0.5, 0.6) is 5.75 Å². The molecule has 0 unspecified atom stereocenters. The van der Waals surface area contributed by atoms with Crippen molar-refractivity contribution < 1.29 is 27.1 Å². The van der Waals surface area contributed by atoms with Gasteiger partial charge in [0.15, 0.2) is 0 Å². The van der Waals surface area contributed by atoms with Gasteiger partial charge in [0, 0.05) is 6.54 Å². The molecule has 2 aromatic carbocycles. The molecule has 2 aromatic rings. The highest BCUT2D eigenvalue weighted by molar-refractivity contribution is 5.90. The molecule has 0 aromatic heterocycles. The molecule has 0 saturated heterocycles. The number of ether oxygens (including phenoxy) is 1. The maximum Gasteiger partial charge on any atom is 0.418 e. The van der Waals surface area contributed by atoms with E-state index < -0.39 is 17.8 Å². The number of rotatable bonds is 6. The number of anilines is 1. The smallest absolute Gasteiger partial charge is 0.418 e. The lowest BCUT2D eigenvalue weighted by Gasteiger charge is -2.16. The first-order valence-corrected chi connectivity index (χ1v) is 7.93. The van der Waals surface area contributed by atoms with Crippen LogP contribution >= 0.6 is 0 Å². The summed E-state index contributed by atoms with van der Waals surface area (Å²) in [6.45, 7) is 2.08. The molecular formula is C18H18F4N2O2. The van der Waals surface area contributed by atoms with Gasteiger partial charge in [-0.05, 0) is 49.2 Å². The van der Waals surface area contributed by atoms with Gasteiger partial charge in [-0.1, -0.05) is 12.1 Å². The standard InChI is InChI=1S/C18H18F4N2O2/c1-2-26-14-7-8-16(15(11-14)18(20,21)22)24-17(25)23-10-9-12-3-5-13(19)6-4-12/h3-8,11H,2,9-10H2,1H3,(H2,23,24,25). The molecule has 2 rings (SSSR count). The van der Waals surface area contributed by atoms with E-state index >= 15 is 0 Å². The Morgan fingerprint density at radius 1 is 1.12 bits per heavy atom. The first-order chi connectivity index (χ1) is 12.3. The number of carbonyl (C=O) groups is 1. The van der Waals surface area contributed by atoms with Crippen LogP contribution in [0.25, 0.3) is 0 Å². The molecule has 4 nitrogen and oxygen atoms in total. The zero-order chi connectivity index (χ0) is 19.2. The first kappa shape index (κ1) is 19.6. The summed E-state index contributed by atoms with van der Waals surface area (Å²) in [5, 5.41) is 4.67. The molecule has 0 aliphatic rings. The van der Waals surface area contributed by atoms with Gasteiger partial charge in [0.05, 0.1) is 17.9 Å². The Morgan fingerprint density at radius 3 is 2.42 bits per heavy atom. The summed E-state index contributed by atoms with van der Waals surface area (Å²) in [5.41, 5.74) is -0.555. The van der Waals surface area contributed by atoms with E-state index in [9.17, 15) is 22.4 Å². The number of urea groups is 1. The Bertz CT molecular complexity index is 746. The van der Waals surface area contributed by atoms with Crippen molar-refractivity contribution in [3.05, 3.63) is 59.4 Å². The van der Waals surface area contributed by atoms with Crippen LogP contribution < -0.4 is 15.4 Å².